The van der Waals surface area contributed by atoms with Crippen molar-refractivity contribution in [3.63, 3.8) is 0 Å². The van der Waals surface area contributed by atoms with Crippen molar-refractivity contribution in [3.8, 4) is 0 Å². The van der Waals surface area contributed by atoms with Gasteiger partial charge in [0.1, 0.15) is 0 Å². The molecule has 2 N–H and O–H groups in total. The first-order chi connectivity index (χ1) is 9.06. The Hall–Kier alpha value is -1.42. The van der Waals surface area contributed by atoms with Crippen LogP contribution in [0.5, 0.6) is 0 Å². The lowest BCUT2D eigenvalue weighted by atomic mass is 10.3. The average molecular weight is 316 g/mol. The number of anilines is 2. The highest BCUT2D eigenvalue weighted by molar-refractivity contribution is 6.39. The first kappa shape index (κ1) is 14.0. The SMILES string of the molecule is O=C(Nc1ccc(Cl)cc1)Nc1c(Cl)cccc1Cl. The highest BCUT2D eigenvalue weighted by Gasteiger charge is 2.09. The minimum Gasteiger partial charge on any atom is -0.308 e. The fourth-order valence-corrected chi connectivity index (χ4v) is 2.04. The topological polar surface area (TPSA) is 41.1 Å². The van der Waals surface area contributed by atoms with Gasteiger partial charge in [-0.25, -0.2) is 4.79 Å². The van der Waals surface area contributed by atoms with Crippen LogP contribution in [0.4, 0.5) is 16.2 Å². The van der Waals surface area contributed by atoms with E-state index in [2.05, 4.69) is 10.6 Å². The number of halogens is 3. The molecule has 0 atom stereocenters. The average Bonchev–Trinajstić information content (AvgIpc) is 2.37. The third kappa shape index (κ3) is 3.77. The smallest absolute Gasteiger partial charge is 0.308 e. The number of carbonyl (C=O) groups is 1. The molecule has 19 heavy (non-hydrogen) atoms. The first-order valence-electron chi connectivity index (χ1n) is 5.34. The number of hydrogen-bond acceptors (Lipinski definition) is 1. The van der Waals surface area contributed by atoms with E-state index in [9.17, 15) is 4.79 Å². The van der Waals surface area contributed by atoms with Gasteiger partial charge in [-0.15, -0.1) is 0 Å². The van der Waals surface area contributed by atoms with Crippen molar-refractivity contribution in [2.45, 2.75) is 0 Å². The summed E-state index contributed by atoms with van der Waals surface area (Å²) in [4.78, 5) is 11.8. The molecule has 0 aromatic heterocycles. The minimum absolute atomic E-state index is 0.372. The molecule has 98 valence electrons. The second kappa shape index (κ2) is 6.15. The second-order valence-corrected chi connectivity index (χ2v) is 4.93. The Morgan fingerprint density at radius 3 is 2.00 bits per heavy atom. The summed E-state index contributed by atoms with van der Waals surface area (Å²) in [7, 11) is 0. The van der Waals surface area contributed by atoms with Crippen molar-refractivity contribution < 1.29 is 4.79 Å². The van der Waals surface area contributed by atoms with E-state index in [1.54, 1.807) is 42.5 Å². The molecule has 0 unspecified atom stereocenters. The Morgan fingerprint density at radius 2 is 1.42 bits per heavy atom. The molecule has 3 nitrogen and oxygen atoms in total. The molecular formula is C13H9Cl3N2O. The molecule has 0 saturated carbocycles. The zero-order valence-corrected chi connectivity index (χ0v) is 11.9. The number of rotatable bonds is 2. The number of carbonyl (C=O) groups excluding carboxylic acids is 1. The van der Waals surface area contributed by atoms with Gasteiger partial charge in [-0.1, -0.05) is 40.9 Å². The summed E-state index contributed by atoms with van der Waals surface area (Å²) >= 11 is 17.7. The molecule has 6 heteroatoms. The van der Waals surface area contributed by atoms with E-state index in [4.69, 9.17) is 34.8 Å². The highest BCUT2D eigenvalue weighted by Crippen LogP contribution is 2.29. The fraction of sp³-hybridized carbons (Fsp3) is 0. The molecule has 2 amide bonds. The van der Waals surface area contributed by atoms with Gasteiger partial charge in [0.25, 0.3) is 0 Å². The third-order valence-corrected chi connectivity index (χ3v) is 3.19. The molecule has 0 aliphatic carbocycles. The Morgan fingerprint density at radius 1 is 0.842 bits per heavy atom. The maximum atomic E-state index is 11.8. The minimum atomic E-state index is -0.433. The van der Waals surface area contributed by atoms with Crippen molar-refractivity contribution in [1.29, 1.82) is 0 Å². The van der Waals surface area contributed by atoms with E-state index >= 15 is 0 Å². The van der Waals surface area contributed by atoms with Gasteiger partial charge in [0, 0.05) is 10.7 Å². The van der Waals surface area contributed by atoms with E-state index in [0.717, 1.165) is 0 Å². The van der Waals surface area contributed by atoms with E-state index in [-0.39, 0.29) is 0 Å². The van der Waals surface area contributed by atoms with E-state index in [0.29, 0.717) is 26.4 Å². The summed E-state index contributed by atoms with van der Waals surface area (Å²) in [5, 5.41) is 6.59. The normalized spacial score (nSPS) is 10.1. The lowest BCUT2D eigenvalue weighted by molar-refractivity contribution is 0.262. The third-order valence-electron chi connectivity index (χ3n) is 2.30. The zero-order valence-electron chi connectivity index (χ0n) is 9.58. The molecule has 0 aliphatic heterocycles. The number of nitrogens with one attached hydrogen (secondary N) is 2. The van der Waals surface area contributed by atoms with Crippen molar-refractivity contribution in [2.24, 2.45) is 0 Å². The van der Waals surface area contributed by atoms with Gasteiger partial charge in [-0.05, 0) is 36.4 Å². The Bertz CT molecular complexity index is 579. The van der Waals surface area contributed by atoms with Crippen LogP contribution in [0.25, 0.3) is 0 Å². The van der Waals surface area contributed by atoms with Crippen LogP contribution in [0, 0.1) is 0 Å². The van der Waals surface area contributed by atoms with Crippen LogP contribution in [-0.2, 0) is 0 Å². The maximum absolute atomic E-state index is 11.8. The predicted octanol–water partition coefficient (Wildman–Crippen LogP) is 5.29. The van der Waals surface area contributed by atoms with Crippen molar-refractivity contribution in [2.75, 3.05) is 10.6 Å². The van der Waals surface area contributed by atoms with Crippen LogP contribution in [0.3, 0.4) is 0 Å². The zero-order chi connectivity index (χ0) is 13.8. The largest absolute Gasteiger partial charge is 0.323 e. The molecule has 0 heterocycles. The number of hydrogen-bond donors (Lipinski definition) is 2. The monoisotopic (exact) mass is 314 g/mol. The molecule has 0 aliphatic rings. The first-order valence-corrected chi connectivity index (χ1v) is 6.47. The van der Waals surface area contributed by atoms with Gasteiger partial charge in [0.15, 0.2) is 0 Å². The van der Waals surface area contributed by atoms with Crippen molar-refractivity contribution in [1.82, 2.24) is 0 Å². The Labute approximate surface area is 125 Å². The van der Waals surface area contributed by atoms with Gasteiger partial charge in [-0.2, -0.15) is 0 Å². The molecule has 2 aromatic carbocycles. The van der Waals surface area contributed by atoms with Crippen LogP contribution >= 0.6 is 34.8 Å². The van der Waals surface area contributed by atoms with Crippen molar-refractivity contribution in [3.05, 3.63) is 57.5 Å². The van der Waals surface area contributed by atoms with Gasteiger partial charge in [0.05, 0.1) is 15.7 Å². The fourth-order valence-electron chi connectivity index (χ4n) is 1.43. The Balaban J connectivity index is 2.07. The van der Waals surface area contributed by atoms with Crippen LogP contribution < -0.4 is 10.6 Å². The molecule has 0 saturated heterocycles. The van der Waals surface area contributed by atoms with Crippen molar-refractivity contribution >= 4 is 52.2 Å². The summed E-state index contributed by atoms with van der Waals surface area (Å²) in [5.41, 5.74) is 0.988. The van der Waals surface area contributed by atoms with Crippen LogP contribution in [0.15, 0.2) is 42.5 Å². The molecule has 0 radical (unpaired) electrons. The lowest BCUT2D eigenvalue weighted by Gasteiger charge is -2.10. The molecule has 0 fully saturated rings. The van der Waals surface area contributed by atoms with E-state index in [1.807, 2.05) is 0 Å². The summed E-state index contributed by atoms with van der Waals surface area (Å²) in [6.45, 7) is 0. The highest BCUT2D eigenvalue weighted by atomic mass is 35.5. The summed E-state index contributed by atoms with van der Waals surface area (Å²) < 4.78 is 0. The molecule has 2 aromatic rings. The Kier molecular flexibility index (Phi) is 4.53. The lowest BCUT2D eigenvalue weighted by Crippen LogP contribution is -2.19. The van der Waals surface area contributed by atoms with E-state index in [1.165, 1.54) is 0 Å². The predicted molar refractivity (Wildman–Crippen MR) is 80.6 cm³/mol. The number of urea groups is 1. The second-order valence-electron chi connectivity index (χ2n) is 3.68. The molecular weight excluding hydrogens is 307 g/mol. The van der Waals surface area contributed by atoms with Gasteiger partial charge >= 0.3 is 6.03 Å². The van der Waals surface area contributed by atoms with E-state index < -0.39 is 6.03 Å². The van der Waals surface area contributed by atoms with Crippen LogP contribution in [-0.4, -0.2) is 6.03 Å². The quantitative estimate of drug-likeness (QED) is 0.776. The summed E-state index contributed by atoms with van der Waals surface area (Å²) in [6, 6.07) is 11.3. The van der Waals surface area contributed by atoms with Crippen LogP contribution in [0.1, 0.15) is 0 Å². The molecule has 0 spiro atoms. The summed E-state index contributed by atoms with van der Waals surface area (Å²) in [5.74, 6) is 0. The molecule has 2 rings (SSSR count). The van der Waals surface area contributed by atoms with Gasteiger partial charge < -0.3 is 10.6 Å². The molecule has 0 bridgehead atoms. The maximum Gasteiger partial charge on any atom is 0.323 e. The van der Waals surface area contributed by atoms with Crippen LogP contribution in [0.2, 0.25) is 15.1 Å². The number of amides is 2. The standard InChI is InChI=1S/C13H9Cl3N2O/c14-8-4-6-9(7-5-8)17-13(19)18-12-10(15)2-1-3-11(12)16/h1-7H,(H2,17,18,19). The number of benzene rings is 2. The summed E-state index contributed by atoms with van der Waals surface area (Å²) in [6.07, 6.45) is 0. The van der Waals surface area contributed by atoms with Gasteiger partial charge in [0.2, 0.25) is 0 Å². The number of para-hydroxylation sites is 1. The van der Waals surface area contributed by atoms with Gasteiger partial charge in [-0.3, -0.25) is 0 Å².